The van der Waals surface area contributed by atoms with Crippen molar-refractivity contribution in [3.05, 3.63) is 170 Å². The summed E-state index contributed by atoms with van der Waals surface area (Å²) in [4.78, 5) is 7.07. The summed E-state index contributed by atoms with van der Waals surface area (Å²) in [5.41, 5.74) is 11.2. The van der Waals surface area contributed by atoms with Crippen LogP contribution in [0.2, 0.25) is 0 Å². The van der Waals surface area contributed by atoms with Gasteiger partial charge in [-0.05, 0) is 96.1 Å². The standard InChI is InChI=1S/C49H28N2O3S/c1-2-8-30(9-3-1)49-50-41-28-45-39(27-46(41)54-49)37-21-16-31(24-43(37)53-45)29-14-17-32(18-15-29)51(33-20-23-48-40(25-33)38-11-5-7-13-47(38)55-48)34-19-22-36-35-10-4-6-12-42(35)52-44(36)26-34/h1-28H. The van der Waals surface area contributed by atoms with Crippen molar-refractivity contribution in [1.29, 1.82) is 0 Å². The van der Waals surface area contributed by atoms with Gasteiger partial charge < -0.3 is 18.2 Å². The predicted molar refractivity (Wildman–Crippen MR) is 227 cm³/mol. The van der Waals surface area contributed by atoms with Gasteiger partial charge in [0.15, 0.2) is 5.58 Å². The van der Waals surface area contributed by atoms with Gasteiger partial charge in [-0.25, -0.2) is 4.98 Å². The van der Waals surface area contributed by atoms with Gasteiger partial charge in [-0.1, -0.05) is 72.8 Å². The number of nitrogens with zero attached hydrogens (tertiary/aromatic N) is 2. The van der Waals surface area contributed by atoms with Crippen LogP contribution in [-0.4, -0.2) is 4.98 Å². The second-order valence-corrected chi connectivity index (χ2v) is 15.0. The summed E-state index contributed by atoms with van der Waals surface area (Å²) < 4.78 is 21.5. The largest absolute Gasteiger partial charge is 0.456 e. The van der Waals surface area contributed by atoms with Crippen LogP contribution in [-0.2, 0) is 0 Å². The van der Waals surface area contributed by atoms with Gasteiger partial charge in [0.2, 0.25) is 5.89 Å². The van der Waals surface area contributed by atoms with Crippen molar-refractivity contribution in [2.75, 3.05) is 4.90 Å². The normalized spacial score (nSPS) is 12.0. The van der Waals surface area contributed by atoms with Crippen LogP contribution in [0.5, 0.6) is 0 Å². The summed E-state index contributed by atoms with van der Waals surface area (Å²) in [5.74, 6) is 0.604. The SMILES string of the molecule is c1ccc(-c2nc3cc4oc5cc(-c6ccc(N(c7ccc8c(c7)oc7ccccc78)c7ccc8sc9ccccc9c8c7)cc6)ccc5c4cc3o2)cc1. The number of fused-ring (bicyclic) bond motifs is 10. The van der Waals surface area contributed by atoms with Gasteiger partial charge in [-0.2, -0.15) is 0 Å². The molecule has 12 aromatic rings. The van der Waals surface area contributed by atoms with Crippen LogP contribution in [0.15, 0.2) is 183 Å². The Labute approximate surface area is 317 Å². The third kappa shape index (κ3) is 4.82. The van der Waals surface area contributed by atoms with Gasteiger partial charge in [0.25, 0.3) is 0 Å². The second kappa shape index (κ2) is 11.7. The van der Waals surface area contributed by atoms with Crippen LogP contribution in [0.3, 0.4) is 0 Å². The third-order valence-electron chi connectivity index (χ3n) is 10.7. The van der Waals surface area contributed by atoms with E-state index in [1.165, 1.54) is 20.2 Å². The minimum absolute atomic E-state index is 0.604. The molecule has 0 spiro atoms. The number of rotatable bonds is 5. The van der Waals surface area contributed by atoms with Gasteiger partial charge in [0.1, 0.15) is 27.8 Å². The summed E-state index contributed by atoms with van der Waals surface area (Å²) in [5, 5.41) is 6.80. The number of benzene rings is 8. The first-order valence-electron chi connectivity index (χ1n) is 18.3. The van der Waals surface area contributed by atoms with E-state index in [-0.39, 0.29) is 0 Å². The van der Waals surface area contributed by atoms with E-state index in [2.05, 4.69) is 120 Å². The number of thiophene rings is 1. The average molecular weight is 725 g/mol. The molecule has 0 fully saturated rings. The maximum atomic E-state index is 6.43. The number of hydrogen-bond acceptors (Lipinski definition) is 6. The van der Waals surface area contributed by atoms with Gasteiger partial charge in [-0.15, -0.1) is 11.3 Å². The number of aromatic nitrogens is 1. The lowest BCUT2D eigenvalue weighted by atomic mass is 10.0. The highest BCUT2D eigenvalue weighted by molar-refractivity contribution is 7.25. The Bertz CT molecular complexity index is 3440. The molecule has 0 aliphatic heterocycles. The lowest BCUT2D eigenvalue weighted by molar-refractivity contribution is 0.620. The fourth-order valence-corrected chi connectivity index (χ4v) is 9.12. The van der Waals surface area contributed by atoms with Crippen molar-refractivity contribution in [1.82, 2.24) is 4.98 Å². The molecule has 6 heteroatoms. The molecule has 0 N–H and O–H groups in total. The van der Waals surface area contributed by atoms with Crippen molar-refractivity contribution in [2.24, 2.45) is 0 Å². The molecule has 12 rings (SSSR count). The van der Waals surface area contributed by atoms with Crippen molar-refractivity contribution in [3.8, 4) is 22.6 Å². The van der Waals surface area contributed by atoms with E-state index in [0.717, 1.165) is 88.7 Å². The van der Waals surface area contributed by atoms with Crippen LogP contribution >= 0.6 is 11.3 Å². The molecule has 0 saturated carbocycles. The zero-order chi connectivity index (χ0) is 36.0. The Hall–Kier alpha value is -7.15. The Morgan fingerprint density at radius 1 is 0.364 bits per heavy atom. The molecule has 0 bridgehead atoms. The van der Waals surface area contributed by atoms with Gasteiger partial charge in [0.05, 0.1) is 0 Å². The van der Waals surface area contributed by atoms with Crippen molar-refractivity contribution in [2.45, 2.75) is 0 Å². The Kier molecular flexibility index (Phi) is 6.44. The van der Waals surface area contributed by atoms with E-state index in [1.807, 2.05) is 65.9 Å². The van der Waals surface area contributed by atoms with E-state index in [4.69, 9.17) is 18.2 Å². The van der Waals surface area contributed by atoms with E-state index in [1.54, 1.807) is 0 Å². The monoisotopic (exact) mass is 724 g/mol. The molecule has 8 aromatic carbocycles. The van der Waals surface area contributed by atoms with Crippen LogP contribution in [0.1, 0.15) is 0 Å². The molecule has 0 aliphatic carbocycles. The van der Waals surface area contributed by atoms with E-state index in [9.17, 15) is 0 Å². The smallest absolute Gasteiger partial charge is 0.227 e. The number of anilines is 3. The Balaban J connectivity index is 0.943. The molecule has 55 heavy (non-hydrogen) atoms. The van der Waals surface area contributed by atoms with E-state index in [0.29, 0.717) is 5.89 Å². The Morgan fingerprint density at radius 3 is 1.91 bits per heavy atom. The lowest BCUT2D eigenvalue weighted by Crippen LogP contribution is -2.09. The highest BCUT2D eigenvalue weighted by Crippen LogP contribution is 2.43. The molecule has 0 radical (unpaired) electrons. The van der Waals surface area contributed by atoms with Gasteiger partial charge >= 0.3 is 0 Å². The summed E-state index contributed by atoms with van der Waals surface area (Å²) in [6, 6.07) is 59.3. The van der Waals surface area contributed by atoms with Gasteiger partial charge in [-0.3, -0.25) is 0 Å². The van der Waals surface area contributed by atoms with Crippen LogP contribution in [0, 0.1) is 0 Å². The first-order valence-corrected chi connectivity index (χ1v) is 19.1. The third-order valence-corrected chi connectivity index (χ3v) is 11.9. The molecular formula is C49H28N2O3S. The number of hydrogen-bond donors (Lipinski definition) is 0. The lowest BCUT2D eigenvalue weighted by Gasteiger charge is -2.26. The molecule has 4 aromatic heterocycles. The maximum Gasteiger partial charge on any atom is 0.227 e. The molecule has 0 amide bonds. The second-order valence-electron chi connectivity index (χ2n) is 14.0. The summed E-state index contributed by atoms with van der Waals surface area (Å²) in [6.45, 7) is 0. The fraction of sp³-hybridized carbons (Fsp3) is 0. The molecule has 0 saturated heterocycles. The van der Waals surface area contributed by atoms with Crippen molar-refractivity contribution in [3.63, 3.8) is 0 Å². The molecule has 0 unspecified atom stereocenters. The highest BCUT2D eigenvalue weighted by atomic mass is 32.1. The van der Waals surface area contributed by atoms with E-state index < -0.39 is 0 Å². The topological polar surface area (TPSA) is 55.6 Å². The predicted octanol–water partition coefficient (Wildman–Crippen LogP) is 14.8. The van der Waals surface area contributed by atoms with Crippen molar-refractivity contribution >= 4 is 104 Å². The maximum absolute atomic E-state index is 6.43. The van der Waals surface area contributed by atoms with Crippen molar-refractivity contribution < 1.29 is 13.3 Å². The molecule has 5 nitrogen and oxygen atoms in total. The minimum Gasteiger partial charge on any atom is -0.456 e. The zero-order valence-corrected chi connectivity index (χ0v) is 30.0. The summed E-state index contributed by atoms with van der Waals surface area (Å²) in [7, 11) is 0. The molecule has 258 valence electrons. The average Bonchev–Trinajstić information content (AvgIpc) is 4.01. The van der Waals surface area contributed by atoms with Gasteiger partial charge in [0, 0.05) is 76.5 Å². The quantitative estimate of drug-likeness (QED) is 0.177. The van der Waals surface area contributed by atoms with Crippen LogP contribution in [0.25, 0.3) is 97.7 Å². The molecular weight excluding hydrogens is 697 g/mol. The first kappa shape index (κ1) is 30.3. The molecule has 0 atom stereocenters. The molecule has 4 heterocycles. The number of para-hydroxylation sites is 1. The van der Waals surface area contributed by atoms with Crippen LogP contribution < -0.4 is 4.90 Å². The summed E-state index contributed by atoms with van der Waals surface area (Å²) >= 11 is 1.83. The minimum atomic E-state index is 0.604. The van der Waals surface area contributed by atoms with E-state index >= 15 is 0 Å². The zero-order valence-electron chi connectivity index (χ0n) is 29.2. The summed E-state index contributed by atoms with van der Waals surface area (Å²) in [6.07, 6.45) is 0. The molecule has 0 aliphatic rings. The Morgan fingerprint density at radius 2 is 1.00 bits per heavy atom. The fourth-order valence-electron chi connectivity index (χ4n) is 8.04. The first-order chi connectivity index (χ1) is 27.2. The highest BCUT2D eigenvalue weighted by Gasteiger charge is 2.19. The number of oxazole rings is 1. The van der Waals surface area contributed by atoms with Crippen LogP contribution in [0.4, 0.5) is 17.1 Å². The number of furan rings is 2.